The summed E-state index contributed by atoms with van der Waals surface area (Å²) in [6.45, 7) is 8.42. The Hall–Kier alpha value is -1.38. The van der Waals surface area contributed by atoms with Crippen LogP contribution in [0.4, 0.5) is 5.95 Å². The number of rotatable bonds is 3. The SMILES string of the molecule is C=C(C)CNc1ncc(C)cn1. The van der Waals surface area contributed by atoms with Gasteiger partial charge in [-0.25, -0.2) is 9.97 Å². The zero-order valence-electron chi connectivity index (χ0n) is 7.46. The molecule has 0 radical (unpaired) electrons. The van der Waals surface area contributed by atoms with Crippen molar-refractivity contribution in [1.29, 1.82) is 0 Å². The van der Waals surface area contributed by atoms with E-state index in [9.17, 15) is 0 Å². The summed E-state index contributed by atoms with van der Waals surface area (Å²) in [6.07, 6.45) is 3.57. The van der Waals surface area contributed by atoms with Crippen LogP contribution in [0.1, 0.15) is 12.5 Å². The monoisotopic (exact) mass is 163 g/mol. The lowest BCUT2D eigenvalue weighted by Gasteiger charge is -2.02. The molecule has 64 valence electrons. The van der Waals surface area contributed by atoms with Gasteiger partial charge in [0, 0.05) is 18.9 Å². The van der Waals surface area contributed by atoms with Gasteiger partial charge in [0.1, 0.15) is 0 Å². The van der Waals surface area contributed by atoms with Crippen LogP contribution >= 0.6 is 0 Å². The van der Waals surface area contributed by atoms with Crippen molar-refractivity contribution in [2.45, 2.75) is 13.8 Å². The van der Waals surface area contributed by atoms with Crippen LogP contribution in [0.15, 0.2) is 24.5 Å². The van der Waals surface area contributed by atoms with Crippen molar-refractivity contribution in [3.63, 3.8) is 0 Å². The molecule has 0 spiro atoms. The van der Waals surface area contributed by atoms with Crippen LogP contribution in [0.5, 0.6) is 0 Å². The lowest BCUT2D eigenvalue weighted by molar-refractivity contribution is 1.07. The molecule has 1 aromatic heterocycles. The third-order valence-corrected chi connectivity index (χ3v) is 1.33. The highest BCUT2D eigenvalue weighted by molar-refractivity contribution is 5.26. The first-order chi connectivity index (χ1) is 5.68. The van der Waals surface area contributed by atoms with E-state index in [1.165, 1.54) is 0 Å². The summed E-state index contributed by atoms with van der Waals surface area (Å²) >= 11 is 0. The molecule has 0 aliphatic heterocycles. The molecule has 0 amide bonds. The Kier molecular flexibility index (Phi) is 2.80. The third kappa shape index (κ3) is 2.70. The molecular weight excluding hydrogens is 150 g/mol. The predicted molar refractivity (Wildman–Crippen MR) is 50.1 cm³/mol. The summed E-state index contributed by atoms with van der Waals surface area (Å²) in [5, 5.41) is 3.05. The van der Waals surface area contributed by atoms with E-state index in [1.54, 1.807) is 12.4 Å². The van der Waals surface area contributed by atoms with Crippen LogP contribution in [0.25, 0.3) is 0 Å². The van der Waals surface area contributed by atoms with Crippen LogP contribution in [0.3, 0.4) is 0 Å². The second-order valence-electron chi connectivity index (χ2n) is 2.89. The van der Waals surface area contributed by atoms with E-state index in [0.29, 0.717) is 5.95 Å². The molecule has 1 aromatic rings. The maximum Gasteiger partial charge on any atom is 0.222 e. The van der Waals surface area contributed by atoms with Gasteiger partial charge in [0.2, 0.25) is 5.95 Å². The van der Waals surface area contributed by atoms with Gasteiger partial charge >= 0.3 is 0 Å². The van der Waals surface area contributed by atoms with E-state index < -0.39 is 0 Å². The largest absolute Gasteiger partial charge is 0.351 e. The maximum atomic E-state index is 4.09. The number of hydrogen-bond donors (Lipinski definition) is 1. The molecule has 3 heteroatoms. The number of aromatic nitrogens is 2. The standard InChI is InChI=1S/C9H13N3/c1-7(2)4-10-9-11-5-8(3)6-12-9/h5-6H,1,4H2,2-3H3,(H,10,11,12). The Labute approximate surface area is 72.6 Å². The summed E-state index contributed by atoms with van der Waals surface area (Å²) in [6, 6.07) is 0. The molecule has 0 fully saturated rings. The highest BCUT2D eigenvalue weighted by Gasteiger charge is 1.92. The third-order valence-electron chi connectivity index (χ3n) is 1.33. The first-order valence-electron chi connectivity index (χ1n) is 3.85. The van der Waals surface area contributed by atoms with Crippen molar-refractivity contribution in [3.8, 4) is 0 Å². The molecule has 1 rings (SSSR count). The average molecular weight is 163 g/mol. The van der Waals surface area contributed by atoms with Gasteiger partial charge in [-0.3, -0.25) is 0 Å². The average Bonchev–Trinajstić information content (AvgIpc) is 2.03. The molecule has 0 unspecified atom stereocenters. The molecule has 3 nitrogen and oxygen atoms in total. The lowest BCUT2D eigenvalue weighted by Crippen LogP contribution is -2.05. The smallest absolute Gasteiger partial charge is 0.222 e. The zero-order valence-corrected chi connectivity index (χ0v) is 7.46. The molecule has 0 aliphatic rings. The van der Waals surface area contributed by atoms with Crippen LogP contribution in [0.2, 0.25) is 0 Å². The van der Waals surface area contributed by atoms with Gasteiger partial charge in [-0.05, 0) is 19.4 Å². The minimum Gasteiger partial charge on any atom is -0.351 e. The van der Waals surface area contributed by atoms with E-state index in [0.717, 1.165) is 17.7 Å². The van der Waals surface area contributed by atoms with Crippen molar-refractivity contribution in [1.82, 2.24) is 9.97 Å². The summed E-state index contributed by atoms with van der Waals surface area (Å²) in [7, 11) is 0. The van der Waals surface area contributed by atoms with E-state index in [-0.39, 0.29) is 0 Å². The van der Waals surface area contributed by atoms with Crippen molar-refractivity contribution < 1.29 is 0 Å². The van der Waals surface area contributed by atoms with E-state index in [2.05, 4.69) is 21.9 Å². The number of anilines is 1. The molecule has 0 saturated carbocycles. The lowest BCUT2D eigenvalue weighted by atomic mass is 10.3. The Morgan fingerprint density at radius 3 is 2.58 bits per heavy atom. The highest BCUT2D eigenvalue weighted by atomic mass is 15.1. The van der Waals surface area contributed by atoms with E-state index >= 15 is 0 Å². The van der Waals surface area contributed by atoms with Crippen molar-refractivity contribution in [3.05, 3.63) is 30.1 Å². The quantitative estimate of drug-likeness (QED) is 0.690. The summed E-state index contributed by atoms with van der Waals surface area (Å²) < 4.78 is 0. The molecule has 12 heavy (non-hydrogen) atoms. The highest BCUT2D eigenvalue weighted by Crippen LogP contribution is 1.98. The first kappa shape index (κ1) is 8.71. The van der Waals surface area contributed by atoms with Gasteiger partial charge in [0.15, 0.2) is 0 Å². The summed E-state index contributed by atoms with van der Waals surface area (Å²) in [4.78, 5) is 8.17. The van der Waals surface area contributed by atoms with Crippen LogP contribution in [-0.2, 0) is 0 Å². The van der Waals surface area contributed by atoms with Gasteiger partial charge in [-0.2, -0.15) is 0 Å². The van der Waals surface area contributed by atoms with Gasteiger partial charge in [0.05, 0.1) is 0 Å². The molecule has 1 heterocycles. The fraction of sp³-hybridized carbons (Fsp3) is 0.333. The Bertz CT molecular complexity index is 264. The van der Waals surface area contributed by atoms with Gasteiger partial charge in [-0.1, -0.05) is 12.2 Å². The van der Waals surface area contributed by atoms with Crippen molar-refractivity contribution >= 4 is 5.95 Å². The van der Waals surface area contributed by atoms with Crippen molar-refractivity contribution in [2.24, 2.45) is 0 Å². The normalized spacial score (nSPS) is 9.50. The zero-order chi connectivity index (χ0) is 8.97. The number of aryl methyl sites for hydroxylation is 1. The van der Waals surface area contributed by atoms with E-state index in [1.807, 2.05) is 13.8 Å². The van der Waals surface area contributed by atoms with Crippen LogP contribution in [-0.4, -0.2) is 16.5 Å². The molecule has 0 bridgehead atoms. The topological polar surface area (TPSA) is 37.8 Å². The number of nitrogens with one attached hydrogen (secondary N) is 1. The summed E-state index contributed by atoms with van der Waals surface area (Å²) in [5.74, 6) is 0.656. The number of nitrogens with zero attached hydrogens (tertiary/aromatic N) is 2. The van der Waals surface area contributed by atoms with Crippen LogP contribution in [0, 0.1) is 6.92 Å². The summed E-state index contributed by atoms with van der Waals surface area (Å²) in [5.41, 5.74) is 2.13. The fourth-order valence-electron chi connectivity index (χ4n) is 0.714. The molecule has 0 saturated heterocycles. The molecular formula is C9H13N3. The predicted octanol–water partition coefficient (Wildman–Crippen LogP) is 1.77. The Morgan fingerprint density at radius 1 is 1.50 bits per heavy atom. The molecule has 0 aromatic carbocycles. The van der Waals surface area contributed by atoms with Crippen molar-refractivity contribution in [2.75, 3.05) is 11.9 Å². The second-order valence-corrected chi connectivity index (χ2v) is 2.89. The second kappa shape index (κ2) is 3.85. The van der Waals surface area contributed by atoms with E-state index in [4.69, 9.17) is 0 Å². The van der Waals surface area contributed by atoms with Gasteiger partial charge in [-0.15, -0.1) is 0 Å². The van der Waals surface area contributed by atoms with Gasteiger partial charge in [0.25, 0.3) is 0 Å². The maximum absolute atomic E-state index is 4.09. The van der Waals surface area contributed by atoms with Gasteiger partial charge < -0.3 is 5.32 Å². The van der Waals surface area contributed by atoms with Crippen LogP contribution < -0.4 is 5.32 Å². The minimum atomic E-state index is 0.656. The molecule has 1 N–H and O–H groups in total. The Morgan fingerprint density at radius 2 is 2.08 bits per heavy atom. The Balaban J connectivity index is 2.53. The fourth-order valence-corrected chi connectivity index (χ4v) is 0.714. The molecule has 0 aliphatic carbocycles. The first-order valence-corrected chi connectivity index (χ1v) is 3.85. The minimum absolute atomic E-state index is 0.656. The molecule has 0 atom stereocenters. The number of hydrogen-bond acceptors (Lipinski definition) is 3.